The molecule has 2 unspecified atom stereocenters. The van der Waals surface area contributed by atoms with E-state index in [-0.39, 0.29) is 0 Å². The van der Waals surface area contributed by atoms with Gasteiger partial charge in [0, 0.05) is 19.2 Å². The van der Waals surface area contributed by atoms with E-state index in [9.17, 15) is 0 Å². The molecule has 0 amide bonds. The molecule has 0 aliphatic carbocycles. The fraction of sp³-hybridized carbons (Fsp3) is 1.00. The van der Waals surface area contributed by atoms with Gasteiger partial charge >= 0.3 is 0 Å². The number of methoxy groups -OCH3 is 1. The number of hydrogen-bond donors (Lipinski definition) is 0. The van der Waals surface area contributed by atoms with Gasteiger partial charge in [0.1, 0.15) is 6.23 Å². The Hall–Kier alpha value is -0.0800. The molecular weight excluding hydrogens is 186 g/mol. The van der Waals surface area contributed by atoms with E-state index in [0.717, 1.165) is 5.92 Å². The number of rotatable bonds is 3. The molecule has 0 saturated carbocycles. The van der Waals surface area contributed by atoms with E-state index in [2.05, 4.69) is 18.7 Å². The second-order valence-corrected chi connectivity index (χ2v) is 5.70. The van der Waals surface area contributed by atoms with Crippen LogP contribution in [0.5, 0.6) is 0 Å². The van der Waals surface area contributed by atoms with Crippen molar-refractivity contribution in [1.82, 2.24) is 4.90 Å². The fourth-order valence-electron chi connectivity index (χ4n) is 3.77. The Balaban J connectivity index is 2.12. The lowest BCUT2D eigenvalue weighted by atomic mass is 9.79. The minimum Gasteiger partial charge on any atom is -0.366 e. The Morgan fingerprint density at radius 3 is 2.73 bits per heavy atom. The molecule has 0 aromatic carbocycles. The van der Waals surface area contributed by atoms with Gasteiger partial charge in [-0.05, 0) is 44.4 Å². The maximum atomic E-state index is 5.64. The van der Waals surface area contributed by atoms with E-state index < -0.39 is 0 Å². The van der Waals surface area contributed by atoms with Crippen molar-refractivity contribution in [2.45, 2.75) is 64.1 Å². The number of nitrogens with zero attached hydrogens (tertiary/aromatic N) is 1. The van der Waals surface area contributed by atoms with Crippen LogP contribution in [0, 0.1) is 5.92 Å². The van der Waals surface area contributed by atoms with Crippen LogP contribution in [-0.4, -0.2) is 30.3 Å². The number of ether oxygens (including phenoxy) is 1. The first-order valence-electron chi connectivity index (χ1n) is 6.47. The summed E-state index contributed by atoms with van der Waals surface area (Å²) < 4.78 is 5.64. The van der Waals surface area contributed by atoms with Crippen molar-refractivity contribution < 1.29 is 4.74 Å². The van der Waals surface area contributed by atoms with E-state index >= 15 is 0 Å². The molecule has 0 aromatic heterocycles. The number of hydrogen-bond acceptors (Lipinski definition) is 2. The highest BCUT2D eigenvalue weighted by atomic mass is 16.5. The molecule has 2 rings (SSSR count). The molecule has 2 saturated heterocycles. The summed E-state index contributed by atoms with van der Waals surface area (Å²) in [4.78, 5) is 2.66. The lowest BCUT2D eigenvalue weighted by Crippen LogP contribution is -2.53. The monoisotopic (exact) mass is 211 g/mol. The van der Waals surface area contributed by atoms with E-state index in [1.165, 1.54) is 45.1 Å². The van der Waals surface area contributed by atoms with Gasteiger partial charge in [0.25, 0.3) is 0 Å². The second kappa shape index (κ2) is 4.42. The van der Waals surface area contributed by atoms with Crippen LogP contribution in [0.1, 0.15) is 52.4 Å². The molecule has 2 nitrogen and oxygen atoms in total. The highest BCUT2D eigenvalue weighted by molar-refractivity contribution is 5.00. The van der Waals surface area contributed by atoms with Crippen LogP contribution in [-0.2, 0) is 4.74 Å². The van der Waals surface area contributed by atoms with Gasteiger partial charge < -0.3 is 4.74 Å². The lowest BCUT2D eigenvalue weighted by molar-refractivity contribution is -0.108. The third kappa shape index (κ3) is 2.07. The highest BCUT2D eigenvalue weighted by Gasteiger charge is 2.46. The standard InChI is InChI=1S/C13H25NO/c1-11(2)10-13-7-4-6-12(15-3)14(13)9-5-8-13/h11-12H,4-10H2,1-3H3. The van der Waals surface area contributed by atoms with Crippen LogP contribution in [0.4, 0.5) is 0 Å². The molecule has 2 heterocycles. The van der Waals surface area contributed by atoms with Gasteiger partial charge in [0.05, 0.1) is 0 Å². The smallest absolute Gasteiger partial charge is 0.110 e. The summed E-state index contributed by atoms with van der Waals surface area (Å²) in [5, 5.41) is 0. The predicted octanol–water partition coefficient (Wildman–Crippen LogP) is 3.02. The van der Waals surface area contributed by atoms with Crippen LogP contribution in [0.2, 0.25) is 0 Å². The van der Waals surface area contributed by atoms with Gasteiger partial charge in [0.2, 0.25) is 0 Å². The third-order valence-corrected chi connectivity index (χ3v) is 4.15. The van der Waals surface area contributed by atoms with Crippen LogP contribution < -0.4 is 0 Å². The molecule has 88 valence electrons. The van der Waals surface area contributed by atoms with Crippen molar-refractivity contribution in [3.05, 3.63) is 0 Å². The van der Waals surface area contributed by atoms with Crippen molar-refractivity contribution in [3.63, 3.8) is 0 Å². The van der Waals surface area contributed by atoms with Crippen molar-refractivity contribution >= 4 is 0 Å². The zero-order valence-electron chi connectivity index (χ0n) is 10.5. The molecule has 0 aromatic rings. The lowest BCUT2D eigenvalue weighted by Gasteiger charge is -2.47. The predicted molar refractivity (Wildman–Crippen MR) is 62.8 cm³/mol. The van der Waals surface area contributed by atoms with Crippen LogP contribution in [0.25, 0.3) is 0 Å². The third-order valence-electron chi connectivity index (χ3n) is 4.15. The highest BCUT2D eigenvalue weighted by Crippen LogP contribution is 2.44. The van der Waals surface area contributed by atoms with Gasteiger partial charge in [-0.3, -0.25) is 4.90 Å². The van der Waals surface area contributed by atoms with E-state index in [0.29, 0.717) is 11.8 Å². The normalized spacial score (nSPS) is 37.2. The van der Waals surface area contributed by atoms with Gasteiger partial charge in [-0.15, -0.1) is 0 Å². The number of piperidine rings is 1. The maximum Gasteiger partial charge on any atom is 0.110 e. The SMILES string of the molecule is COC1CCCC2(CC(C)C)CCCN12. The van der Waals surface area contributed by atoms with Crippen molar-refractivity contribution in [2.24, 2.45) is 5.92 Å². The Bertz CT molecular complexity index is 217. The van der Waals surface area contributed by atoms with Crippen LogP contribution in [0.15, 0.2) is 0 Å². The number of fused-ring (bicyclic) bond motifs is 1. The first kappa shape index (κ1) is 11.4. The Labute approximate surface area is 94.0 Å². The largest absolute Gasteiger partial charge is 0.366 e. The second-order valence-electron chi connectivity index (χ2n) is 5.70. The summed E-state index contributed by atoms with van der Waals surface area (Å²) in [7, 11) is 1.87. The summed E-state index contributed by atoms with van der Waals surface area (Å²) in [6.07, 6.45) is 8.49. The molecule has 2 aliphatic rings. The summed E-state index contributed by atoms with van der Waals surface area (Å²) in [5.74, 6) is 0.807. The summed E-state index contributed by atoms with van der Waals surface area (Å²) in [6.45, 7) is 5.95. The molecule has 2 fully saturated rings. The Morgan fingerprint density at radius 1 is 1.33 bits per heavy atom. The molecule has 0 spiro atoms. The summed E-state index contributed by atoms with van der Waals surface area (Å²) in [6, 6.07) is 0. The summed E-state index contributed by atoms with van der Waals surface area (Å²) >= 11 is 0. The van der Waals surface area contributed by atoms with Crippen molar-refractivity contribution in [1.29, 1.82) is 0 Å². The average Bonchev–Trinajstić information content (AvgIpc) is 2.59. The first-order chi connectivity index (χ1) is 7.18. The van der Waals surface area contributed by atoms with Crippen molar-refractivity contribution in [2.75, 3.05) is 13.7 Å². The van der Waals surface area contributed by atoms with E-state index in [1.807, 2.05) is 7.11 Å². The molecule has 2 heteroatoms. The minimum atomic E-state index is 0.403. The van der Waals surface area contributed by atoms with Gasteiger partial charge in [-0.2, -0.15) is 0 Å². The Kier molecular flexibility index (Phi) is 3.36. The van der Waals surface area contributed by atoms with Crippen LogP contribution in [0.3, 0.4) is 0 Å². The summed E-state index contributed by atoms with van der Waals surface area (Å²) in [5.41, 5.74) is 0.493. The molecule has 0 N–H and O–H groups in total. The van der Waals surface area contributed by atoms with Gasteiger partial charge in [0.15, 0.2) is 0 Å². The van der Waals surface area contributed by atoms with Gasteiger partial charge in [-0.25, -0.2) is 0 Å². The molecule has 2 aliphatic heterocycles. The van der Waals surface area contributed by atoms with E-state index in [1.54, 1.807) is 0 Å². The fourth-order valence-corrected chi connectivity index (χ4v) is 3.77. The first-order valence-corrected chi connectivity index (χ1v) is 6.47. The van der Waals surface area contributed by atoms with Crippen molar-refractivity contribution in [3.8, 4) is 0 Å². The zero-order chi connectivity index (χ0) is 10.9. The minimum absolute atomic E-state index is 0.403. The van der Waals surface area contributed by atoms with Gasteiger partial charge in [-0.1, -0.05) is 13.8 Å². The molecular formula is C13H25NO. The molecule has 0 radical (unpaired) electrons. The average molecular weight is 211 g/mol. The molecule has 15 heavy (non-hydrogen) atoms. The molecule has 0 bridgehead atoms. The van der Waals surface area contributed by atoms with Crippen LogP contribution >= 0.6 is 0 Å². The maximum absolute atomic E-state index is 5.64. The zero-order valence-corrected chi connectivity index (χ0v) is 10.5. The van der Waals surface area contributed by atoms with E-state index in [4.69, 9.17) is 4.74 Å². The molecule has 2 atom stereocenters. The Morgan fingerprint density at radius 2 is 2.07 bits per heavy atom. The topological polar surface area (TPSA) is 12.5 Å². The quantitative estimate of drug-likeness (QED) is 0.711.